The summed E-state index contributed by atoms with van der Waals surface area (Å²) >= 11 is 1.77. The smallest absolute Gasteiger partial charge is 0.193 e. The molecule has 0 radical (unpaired) electrons. The van der Waals surface area contributed by atoms with Crippen molar-refractivity contribution >= 4 is 56.1 Å². The van der Waals surface area contributed by atoms with Crippen LogP contribution in [0.5, 0.6) is 0 Å². The highest BCUT2D eigenvalue weighted by atomic mass is 127. The quantitative estimate of drug-likeness (QED) is 0.305. The molecule has 0 aliphatic carbocycles. The number of thiophene rings is 1. The van der Waals surface area contributed by atoms with Gasteiger partial charge in [0.2, 0.25) is 0 Å². The molecule has 1 aromatic rings. The topological polar surface area (TPSA) is 65.0 Å². The van der Waals surface area contributed by atoms with E-state index in [1.807, 2.05) is 0 Å². The maximum absolute atomic E-state index is 11.1. The van der Waals surface area contributed by atoms with E-state index in [1.54, 1.807) is 18.4 Å². The van der Waals surface area contributed by atoms with Gasteiger partial charge in [0.05, 0.1) is 10.8 Å². The van der Waals surface area contributed by atoms with Crippen LogP contribution in [0.1, 0.15) is 6.42 Å². The van der Waals surface area contributed by atoms with Crippen LogP contribution >= 0.6 is 35.3 Å². The maximum atomic E-state index is 11.1. The average molecular weight is 472 g/mol. The van der Waals surface area contributed by atoms with Gasteiger partial charge in [0, 0.05) is 46.0 Å². The Labute approximate surface area is 159 Å². The fourth-order valence-electron chi connectivity index (χ4n) is 2.46. The van der Waals surface area contributed by atoms with E-state index < -0.39 is 9.84 Å². The Bertz CT molecular complexity index is 582. The molecular weight excluding hydrogens is 447 g/mol. The first-order valence-electron chi connectivity index (χ1n) is 7.41. The van der Waals surface area contributed by atoms with Crippen molar-refractivity contribution in [1.82, 2.24) is 10.2 Å². The Morgan fingerprint density at radius 3 is 2.57 bits per heavy atom. The van der Waals surface area contributed by atoms with Gasteiger partial charge in [-0.1, -0.05) is 0 Å². The molecule has 132 valence electrons. The summed E-state index contributed by atoms with van der Waals surface area (Å²) in [5.41, 5.74) is 0. The summed E-state index contributed by atoms with van der Waals surface area (Å²) in [6.07, 6.45) is 1.87. The standard InChI is InChI=1S/C14H24N4O2S2.HI/c1-15-14(16-6-4-12-22(2,19)20)18-9-7-17(8-10-18)13-5-3-11-21-13;/h3,5,11H,4,6-10,12H2,1-2H3,(H,15,16);1H. The molecule has 0 aromatic carbocycles. The molecule has 9 heteroatoms. The van der Waals surface area contributed by atoms with Crippen LogP contribution in [0.4, 0.5) is 5.00 Å². The fourth-order valence-corrected chi connectivity index (χ4v) is 3.91. The molecule has 23 heavy (non-hydrogen) atoms. The summed E-state index contributed by atoms with van der Waals surface area (Å²) in [6, 6.07) is 4.23. The lowest BCUT2D eigenvalue weighted by Crippen LogP contribution is -2.52. The molecule has 1 aromatic heterocycles. The largest absolute Gasteiger partial charge is 0.360 e. The highest BCUT2D eigenvalue weighted by molar-refractivity contribution is 14.0. The van der Waals surface area contributed by atoms with Gasteiger partial charge >= 0.3 is 0 Å². The van der Waals surface area contributed by atoms with E-state index in [9.17, 15) is 8.42 Å². The number of sulfone groups is 1. The molecule has 0 saturated carbocycles. The van der Waals surface area contributed by atoms with Gasteiger partial charge in [-0.25, -0.2) is 8.42 Å². The predicted molar refractivity (Wildman–Crippen MR) is 109 cm³/mol. The van der Waals surface area contributed by atoms with Gasteiger partial charge in [0.25, 0.3) is 0 Å². The van der Waals surface area contributed by atoms with Crippen LogP contribution in [-0.2, 0) is 9.84 Å². The zero-order valence-electron chi connectivity index (χ0n) is 13.6. The van der Waals surface area contributed by atoms with Gasteiger partial charge in [0.15, 0.2) is 5.96 Å². The van der Waals surface area contributed by atoms with Crippen molar-refractivity contribution in [3.63, 3.8) is 0 Å². The number of hydrogen-bond acceptors (Lipinski definition) is 5. The number of anilines is 1. The normalized spacial score (nSPS) is 16.2. The second-order valence-electron chi connectivity index (χ2n) is 5.38. The minimum Gasteiger partial charge on any atom is -0.360 e. The zero-order valence-corrected chi connectivity index (χ0v) is 17.5. The van der Waals surface area contributed by atoms with Gasteiger partial charge < -0.3 is 15.1 Å². The van der Waals surface area contributed by atoms with E-state index in [0.29, 0.717) is 13.0 Å². The lowest BCUT2D eigenvalue weighted by Gasteiger charge is -2.37. The van der Waals surface area contributed by atoms with Gasteiger partial charge in [-0.2, -0.15) is 0 Å². The Morgan fingerprint density at radius 2 is 2.04 bits per heavy atom. The zero-order chi connectivity index (χ0) is 16.0. The minimum atomic E-state index is -2.89. The summed E-state index contributed by atoms with van der Waals surface area (Å²) in [7, 11) is -1.12. The molecule has 6 nitrogen and oxygen atoms in total. The lowest BCUT2D eigenvalue weighted by molar-refractivity contribution is 0.373. The number of piperazine rings is 1. The third-order valence-corrected chi connectivity index (χ3v) is 5.54. The summed E-state index contributed by atoms with van der Waals surface area (Å²) in [6.45, 7) is 4.42. The van der Waals surface area contributed by atoms with Crippen LogP contribution in [0.3, 0.4) is 0 Å². The molecule has 2 heterocycles. The number of aliphatic imine (C=N–C) groups is 1. The van der Waals surface area contributed by atoms with Crippen molar-refractivity contribution in [3.05, 3.63) is 17.5 Å². The Morgan fingerprint density at radius 1 is 1.35 bits per heavy atom. The van der Waals surface area contributed by atoms with E-state index in [0.717, 1.165) is 32.1 Å². The number of guanidine groups is 1. The summed E-state index contributed by atoms with van der Waals surface area (Å²) in [5, 5.41) is 6.67. The van der Waals surface area contributed by atoms with Crippen LogP contribution in [0.25, 0.3) is 0 Å². The van der Waals surface area contributed by atoms with Crippen LogP contribution in [0.2, 0.25) is 0 Å². The van der Waals surface area contributed by atoms with Gasteiger partial charge in [0.1, 0.15) is 9.84 Å². The van der Waals surface area contributed by atoms with Gasteiger partial charge in [-0.15, -0.1) is 35.3 Å². The maximum Gasteiger partial charge on any atom is 0.193 e. The highest BCUT2D eigenvalue weighted by Gasteiger charge is 2.20. The Balaban J connectivity index is 0.00000264. The van der Waals surface area contributed by atoms with Crippen molar-refractivity contribution in [1.29, 1.82) is 0 Å². The minimum absolute atomic E-state index is 0. The molecule has 0 bridgehead atoms. The van der Waals surface area contributed by atoms with E-state index in [1.165, 1.54) is 11.3 Å². The van der Waals surface area contributed by atoms with Crippen molar-refractivity contribution in [2.75, 3.05) is 56.7 Å². The van der Waals surface area contributed by atoms with Crippen LogP contribution < -0.4 is 10.2 Å². The molecule has 2 rings (SSSR count). The lowest BCUT2D eigenvalue weighted by atomic mass is 10.3. The number of halogens is 1. The number of hydrogen-bond donors (Lipinski definition) is 1. The summed E-state index contributed by atoms with van der Waals surface area (Å²) < 4.78 is 22.2. The van der Waals surface area contributed by atoms with Crippen molar-refractivity contribution in [3.8, 4) is 0 Å². The molecule has 1 saturated heterocycles. The molecule has 0 amide bonds. The van der Waals surface area contributed by atoms with E-state index in [-0.39, 0.29) is 29.7 Å². The predicted octanol–water partition coefficient (Wildman–Crippen LogP) is 1.50. The molecule has 1 fully saturated rings. The van der Waals surface area contributed by atoms with Gasteiger partial charge in [-0.3, -0.25) is 4.99 Å². The molecule has 0 unspecified atom stereocenters. The van der Waals surface area contributed by atoms with Crippen LogP contribution in [0, 0.1) is 0 Å². The Kier molecular flexibility index (Phi) is 8.62. The van der Waals surface area contributed by atoms with Crippen molar-refractivity contribution in [2.45, 2.75) is 6.42 Å². The Hall–Kier alpha value is -0.550. The first-order chi connectivity index (χ1) is 10.5. The van der Waals surface area contributed by atoms with Crippen LogP contribution in [-0.4, -0.2) is 71.1 Å². The fraction of sp³-hybridized carbons (Fsp3) is 0.643. The molecular formula is C14H25IN4O2S2. The number of nitrogens with one attached hydrogen (secondary N) is 1. The van der Waals surface area contributed by atoms with Crippen molar-refractivity contribution < 1.29 is 8.42 Å². The number of nitrogens with zero attached hydrogens (tertiary/aromatic N) is 3. The first kappa shape index (κ1) is 20.5. The molecule has 1 aliphatic heterocycles. The first-order valence-corrected chi connectivity index (χ1v) is 10.4. The monoisotopic (exact) mass is 472 g/mol. The van der Waals surface area contributed by atoms with Crippen LogP contribution in [0.15, 0.2) is 22.5 Å². The molecule has 1 N–H and O–H groups in total. The second-order valence-corrected chi connectivity index (χ2v) is 8.57. The number of rotatable bonds is 5. The third kappa shape index (κ3) is 6.84. The molecule has 0 atom stereocenters. The third-order valence-electron chi connectivity index (χ3n) is 3.58. The molecule has 1 aliphatic rings. The second kappa shape index (κ2) is 9.67. The summed E-state index contributed by atoms with van der Waals surface area (Å²) in [4.78, 5) is 8.91. The molecule has 0 spiro atoms. The highest BCUT2D eigenvalue weighted by Crippen LogP contribution is 2.22. The van der Waals surface area contributed by atoms with Gasteiger partial charge in [-0.05, 0) is 23.9 Å². The average Bonchev–Trinajstić information content (AvgIpc) is 3.01. The SMILES string of the molecule is CN=C(NCCCS(C)(=O)=O)N1CCN(c2cccs2)CC1.I. The van der Waals surface area contributed by atoms with E-state index in [2.05, 4.69) is 37.6 Å². The van der Waals surface area contributed by atoms with E-state index >= 15 is 0 Å². The van der Waals surface area contributed by atoms with Crippen molar-refractivity contribution in [2.24, 2.45) is 4.99 Å². The summed E-state index contributed by atoms with van der Waals surface area (Å²) in [5.74, 6) is 1.07. The van der Waals surface area contributed by atoms with E-state index in [4.69, 9.17) is 0 Å².